The molecule has 1 aromatic heterocycles. The Balaban J connectivity index is 2.74. The van der Waals surface area contributed by atoms with Crippen LogP contribution in [0.2, 0.25) is 0 Å². The van der Waals surface area contributed by atoms with E-state index in [1.165, 1.54) is 5.56 Å². The Morgan fingerprint density at radius 1 is 1.55 bits per heavy atom. The van der Waals surface area contributed by atoms with Crippen LogP contribution in [0.3, 0.4) is 0 Å². The van der Waals surface area contributed by atoms with Gasteiger partial charge in [-0.15, -0.1) is 0 Å². The fraction of sp³-hybridized carbons (Fsp3) is 0.333. The minimum absolute atomic E-state index is 0.504. The lowest BCUT2D eigenvalue weighted by Gasteiger charge is -1.95. The van der Waals surface area contributed by atoms with Gasteiger partial charge in [0.1, 0.15) is 5.69 Å². The summed E-state index contributed by atoms with van der Waals surface area (Å²) >= 11 is 0. The molecular formula is C9H11NO. The maximum Gasteiger partial charge on any atom is 0.168 e. The Morgan fingerprint density at radius 3 is 2.82 bits per heavy atom. The first-order valence-electron chi connectivity index (χ1n) is 3.77. The molecular weight excluding hydrogens is 138 g/mol. The minimum atomic E-state index is 0.504. The Bertz CT molecular complexity index is 228. The molecule has 0 N–H and O–H groups in total. The molecule has 0 aliphatic rings. The Kier molecular flexibility index (Phi) is 2.78. The second kappa shape index (κ2) is 3.86. The summed E-state index contributed by atoms with van der Waals surface area (Å²) < 4.78 is 0. The fourth-order valence-corrected chi connectivity index (χ4v) is 0.942. The summed E-state index contributed by atoms with van der Waals surface area (Å²) in [6.45, 7) is 2.12. The number of aldehydes is 1. The SMILES string of the molecule is CCCc1ccc(C=O)nc1. The van der Waals surface area contributed by atoms with Crippen LogP contribution in [0.1, 0.15) is 29.4 Å². The summed E-state index contributed by atoms with van der Waals surface area (Å²) in [6.07, 6.45) is 4.66. The number of nitrogens with zero attached hydrogens (tertiary/aromatic N) is 1. The second-order valence-corrected chi connectivity index (χ2v) is 2.46. The molecule has 0 atom stereocenters. The van der Waals surface area contributed by atoms with Gasteiger partial charge in [-0.3, -0.25) is 9.78 Å². The summed E-state index contributed by atoms with van der Waals surface area (Å²) in [4.78, 5) is 14.2. The van der Waals surface area contributed by atoms with Crippen molar-refractivity contribution < 1.29 is 4.79 Å². The Morgan fingerprint density at radius 2 is 2.36 bits per heavy atom. The van der Waals surface area contributed by atoms with E-state index in [2.05, 4.69) is 11.9 Å². The van der Waals surface area contributed by atoms with E-state index in [0.29, 0.717) is 5.69 Å². The number of rotatable bonds is 3. The zero-order valence-corrected chi connectivity index (χ0v) is 6.58. The molecule has 1 rings (SSSR count). The molecule has 11 heavy (non-hydrogen) atoms. The highest BCUT2D eigenvalue weighted by molar-refractivity contribution is 5.71. The molecule has 0 radical (unpaired) electrons. The molecule has 0 fully saturated rings. The summed E-state index contributed by atoms with van der Waals surface area (Å²) in [7, 11) is 0. The maximum atomic E-state index is 10.2. The van der Waals surface area contributed by atoms with Gasteiger partial charge in [0, 0.05) is 6.20 Å². The molecule has 0 saturated carbocycles. The van der Waals surface area contributed by atoms with Crippen molar-refractivity contribution in [3.63, 3.8) is 0 Å². The van der Waals surface area contributed by atoms with Gasteiger partial charge in [-0.1, -0.05) is 19.4 Å². The van der Waals surface area contributed by atoms with Gasteiger partial charge in [0.05, 0.1) is 0 Å². The first-order chi connectivity index (χ1) is 5.36. The molecule has 2 heteroatoms. The van der Waals surface area contributed by atoms with Crippen LogP contribution in [-0.4, -0.2) is 11.3 Å². The van der Waals surface area contributed by atoms with Crippen LogP contribution in [0.25, 0.3) is 0 Å². The lowest BCUT2D eigenvalue weighted by molar-refractivity contribution is 0.111. The number of carbonyl (C=O) groups excluding carboxylic acids is 1. The summed E-state index contributed by atoms with van der Waals surface area (Å²) in [5, 5.41) is 0. The van der Waals surface area contributed by atoms with Crippen LogP contribution in [0.4, 0.5) is 0 Å². The van der Waals surface area contributed by atoms with Crippen LogP contribution in [0, 0.1) is 0 Å². The monoisotopic (exact) mass is 149 g/mol. The van der Waals surface area contributed by atoms with E-state index < -0.39 is 0 Å². The van der Waals surface area contributed by atoms with Crippen LogP contribution in [-0.2, 0) is 6.42 Å². The number of pyridine rings is 1. The zero-order valence-electron chi connectivity index (χ0n) is 6.58. The molecule has 0 aromatic carbocycles. The molecule has 0 spiro atoms. The zero-order chi connectivity index (χ0) is 8.10. The molecule has 1 aromatic rings. The summed E-state index contributed by atoms with van der Waals surface area (Å²) in [6, 6.07) is 3.69. The first-order valence-corrected chi connectivity index (χ1v) is 3.77. The highest BCUT2D eigenvalue weighted by Crippen LogP contribution is 2.01. The van der Waals surface area contributed by atoms with Crippen LogP contribution in [0.15, 0.2) is 18.3 Å². The van der Waals surface area contributed by atoms with Crippen molar-refractivity contribution in [2.75, 3.05) is 0 Å². The van der Waals surface area contributed by atoms with Crippen molar-refractivity contribution in [3.8, 4) is 0 Å². The van der Waals surface area contributed by atoms with Crippen molar-refractivity contribution in [3.05, 3.63) is 29.6 Å². The second-order valence-electron chi connectivity index (χ2n) is 2.46. The standard InChI is InChI=1S/C9H11NO/c1-2-3-8-4-5-9(7-11)10-6-8/h4-7H,2-3H2,1H3. The Hall–Kier alpha value is -1.18. The van der Waals surface area contributed by atoms with Gasteiger partial charge in [-0.05, 0) is 18.1 Å². The number of carbonyl (C=O) groups is 1. The van der Waals surface area contributed by atoms with Gasteiger partial charge >= 0.3 is 0 Å². The number of aromatic nitrogens is 1. The molecule has 0 aliphatic carbocycles. The van der Waals surface area contributed by atoms with E-state index in [1.54, 1.807) is 12.3 Å². The average molecular weight is 149 g/mol. The van der Waals surface area contributed by atoms with Gasteiger partial charge in [0.2, 0.25) is 0 Å². The molecule has 0 aliphatic heterocycles. The highest BCUT2D eigenvalue weighted by atomic mass is 16.1. The molecule has 0 bridgehead atoms. The summed E-state index contributed by atoms with van der Waals surface area (Å²) in [5.41, 5.74) is 1.70. The molecule has 0 saturated heterocycles. The largest absolute Gasteiger partial charge is 0.296 e. The van der Waals surface area contributed by atoms with Crippen LogP contribution >= 0.6 is 0 Å². The van der Waals surface area contributed by atoms with E-state index >= 15 is 0 Å². The molecule has 0 unspecified atom stereocenters. The van der Waals surface area contributed by atoms with Crippen molar-refractivity contribution in [1.82, 2.24) is 4.98 Å². The molecule has 0 amide bonds. The van der Waals surface area contributed by atoms with Crippen molar-refractivity contribution in [2.45, 2.75) is 19.8 Å². The predicted molar refractivity (Wildman–Crippen MR) is 43.6 cm³/mol. The molecule has 58 valence electrons. The van der Waals surface area contributed by atoms with Crippen molar-refractivity contribution >= 4 is 6.29 Å². The lowest BCUT2D eigenvalue weighted by Crippen LogP contribution is -1.89. The number of hydrogen-bond acceptors (Lipinski definition) is 2. The topological polar surface area (TPSA) is 30.0 Å². The minimum Gasteiger partial charge on any atom is -0.296 e. The van der Waals surface area contributed by atoms with E-state index in [9.17, 15) is 4.79 Å². The quantitative estimate of drug-likeness (QED) is 0.614. The Labute approximate surface area is 66.3 Å². The predicted octanol–water partition coefficient (Wildman–Crippen LogP) is 1.85. The van der Waals surface area contributed by atoms with E-state index in [0.717, 1.165) is 19.1 Å². The normalized spacial score (nSPS) is 9.55. The van der Waals surface area contributed by atoms with Gasteiger partial charge in [0.15, 0.2) is 6.29 Å². The molecule has 1 heterocycles. The lowest BCUT2D eigenvalue weighted by atomic mass is 10.2. The highest BCUT2D eigenvalue weighted by Gasteiger charge is 1.92. The van der Waals surface area contributed by atoms with Gasteiger partial charge in [-0.2, -0.15) is 0 Å². The third-order valence-corrected chi connectivity index (χ3v) is 1.51. The van der Waals surface area contributed by atoms with Crippen molar-refractivity contribution in [1.29, 1.82) is 0 Å². The third-order valence-electron chi connectivity index (χ3n) is 1.51. The summed E-state index contributed by atoms with van der Waals surface area (Å²) in [5.74, 6) is 0. The average Bonchev–Trinajstić information content (AvgIpc) is 2.07. The van der Waals surface area contributed by atoms with E-state index in [-0.39, 0.29) is 0 Å². The smallest absolute Gasteiger partial charge is 0.168 e. The third kappa shape index (κ3) is 2.15. The van der Waals surface area contributed by atoms with Crippen molar-refractivity contribution in [2.24, 2.45) is 0 Å². The number of aryl methyl sites for hydroxylation is 1. The van der Waals surface area contributed by atoms with E-state index in [1.807, 2.05) is 6.07 Å². The number of hydrogen-bond donors (Lipinski definition) is 0. The fourth-order valence-electron chi connectivity index (χ4n) is 0.942. The van der Waals surface area contributed by atoms with Gasteiger partial charge in [-0.25, -0.2) is 0 Å². The van der Waals surface area contributed by atoms with Gasteiger partial charge in [0.25, 0.3) is 0 Å². The van der Waals surface area contributed by atoms with Gasteiger partial charge < -0.3 is 0 Å². The van der Waals surface area contributed by atoms with E-state index in [4.69, 9.17) is 0 Å². The van der Waals surface area contributed by atoms with Crippen LogP contribution < -0.4 is 0 Å². The van der Waals surface area contributed by atoms with Crippen LogP contribution in [0.5, 0.6) is 0 Å². The first kappa shape index (κ1) is 7.92. The maximum absolute atomic E-state index is 10.2. The molecule has 2 nitrogen and oxygen atoms in total.